The maximum absolute atomic E-state index is 12.6. The van der Waals surface area contributed by atoms with Gasteiger partial charge in [0.15, 0.2) is 5.82 Å². The zero-order chi connectivity index (χ0) is 17.2. The van der Waals surface area contributed by atoms with Gasteiger partial charge in [-0.1, -0.05) is 0 Å². The van der Waals surface area contributed by atoms with Gasteiger partial charge in [0.2, 0.25) is 0 Å². The monoisotopic (exact) mass is 354 g/mol. The van der Waals surface area contributed by atoms with Crippen molar-refractivity contribution < 1.29 is 4.79 Å². The Bertz CT molecular complexity index is 861. The van der Waals surface area contributed by atoms with Crippen molar-refractivity contribution in [1.29, 1.82) is 0 Å². The molecule has 8 heteroatoms. The molecule has 1 amide bonds. The van der Waals surface area contributed by atoms with Crippen LogP contribution in [-0.4, -0.2) is 48.8 Å². The van der Waals surface area contributed by atoms with Crippen LogP contribution in [0.5, 0.6) is 0 Å². The molecular weight excluding hydrogens is 336 g/mol. The van der Waals surface area contributed by atoms with E-state index < -0.39 is 0 Å². The lowest BCUT2D eigenvalue weighted by atomic mass is 9.94. The average Bonchev–Trinajstić information content (AvgIpc) is 3.34. The van der Waals surface area contributed by atoms with Crippen LogP contribution in [0.2, 0.25) is 0 Å². The molecule has 0 saturated carbocycles. The number of aryl methyl sites for hydroxylation is 1. The summed E-state index contributed by atoms with van der Waals surface area (Å²) in [4.78, 5) is 35.7. The Labute approximate surface area is 149 Å². The number of aromatic nitrogens is 5. The molecule has 128 valence electrons. The van der Waals surface area contributed by atoms with Gasteiger partial charge in [0.25, 0.3) is 5.91 Å². The number of likely N-dealkylation sites (tertiary alicyclic amines) is 1. The van der Waals surface area contributed by atoms with Crippen LogP contribution < -0.4 is 0 Å². The van der Waals surface area contributed by atoms with Crippen LogP contribution in [-0.2, 0) is 0 Å². The third kappa shape index (κ3) is 3.30. The first kappa shape index (κ1) is 15.9. The van der Waals surface area contributed by atoms with Crippen LogP contribution >= 0.6 is 11.3 Å². The van der Waals surface area contributed by atoms with Crippen molar-refractivity contribution in [2.45, 2.75) is 25.7 Å². The van der Waals surface area contributed by atoms with Gasteiger partial charge in [-0.15, -0.1) is 11.3 Å². The largest absolute Gasteiger partial charge is 0.343 e. The molecule has 4 rings (SSSR count). The quantitative estimate of drug-likeness (QED) is 0.781. The van der Waals surface area contributed by atoms with Crippen molar-refractivity contribution in [3.63, 3.8) is 0 Å². The summed E-state index contributed by atoms with van der Waals surface area (Å²) in [6.07, 6.45) is 7.11. The number of H-pyrrole nitrogens is 1. The molecule has 1 N–H and O–H groups in total. The topological polar surface area (TPSA) is 87.7 Å². The standard InChI is InChI=1S/C17H18N6OS/c1-11-21-13(7-14(22-11)16-19-4-5-20-16)12-3-2-6-23(9-12)17(24)15-8-18-10-25-15/h4-5,7-8,10,12H,2-3,6,9H2,1H3,(H,19,20)/t12-/m1/s1. The molecule has 7 nitrogen and oxygen atoms in total. The van der Waals surface area contributed by atoms with Crippen molar-refractivity contribution in [2.24, 2.45) is 0 Å². The minimum Gasteiger partial charge on any atom is -0.343 e. The van der Waals surface area contributed by atoms with Gasteiger partial charge in [-0.2, -0.15) is 0 Å². The summed E-state index contributed by atoms with van der Waals surface area (Å²) >= 11 is 1.38. The van der Waals surface area contributed by atoms with Crippen LogP contribution in [0, 0.1) is 6.92 Å². The highest BCUT2D eigenvalue weighted by molar-refractivity contribution is 7.11. The van der Waals surface area contributed by atoms with E-state index in [0.29, 0.717) is 11.4 Å². The van der Waals surface area contributed by atoms with Crippen molar-refractivity contribution >= 4 is 17.2 Å². The molecule has 0 unspecified atom stereocenters. The molecule has 1 fully saturated rings. The van der Waals surface area contributed by atoms with E-state index >= 15 is 0 Å². The fraction of sp³-hybridized carbons (Fsp3) is 0.353. The molecule has 0 aromatic carbocycles. The average molecular weight is 354 g/mol. The number of carbonyl (C=O) groups is 1. The number of piperidine rings is 1. The summed E-state index contributed by atoms with van der Waals surface area (Å²) in [6.45, 7) is 3.34. The molecule has 0 bridgehead atoms. The highest BCUT2D eigenvalue weighted by Gasteiger charge is 2.27. The second-order valence-corrected chi connectivity index (χ2v) is 7.01. The molecule has 1 atom stereocenters. The van der Waals surface area contributed by atoms with Gasteiger partial charge in [-0.05, 0) is 25.8 Å². The van der Waals surface area contributed by atoms with Crippen molar-refractivity contribution in [1.82, 2.24) is 29.8 Å². The number of nitrogens with one attached hydrogen (secondary N) is 1. The van der Waals surface area contributed by atoms with Crippen LogP contribution in [0.4, 0.5) is 0 Å². The normalized spacial score (nSPS) is 17.6. The molecule has 1 aliphatic rings. The Kier molecular flexibility index (Phi) is 4.27. The summed E-state index contributed by atoms with van der Waals surface area (Å²) in [5, 5.41) is 0. The van der Waals surface area contributed by atoms with Crippen LogP contribution in [0.1, 0.15) is 39.9 Å². The second-order valence-electron chi connectivity index (χ2n) is 6.12. The van der Waals surface area contributed by atoms with Gasteiger partial charge in [0.1, 0.15) is 16.4 Å². The molecule has 0 radical (unpaired) electrons. The molecule has 0 aliphatic carbocycles. The van der Waals surface area contributed by atoms with E-state index in [9.17, 15) is 4.79 Å². The van der Waals surface area contributed by atoms with Crippen LogP contribution in [0.15, 0.2) is 30.2 Å². The third-order valence-corrected chi connectivity index (χ3v) is 5.13. The lowest BCUT2D eigenvalue weighted by Crippen LogP contribution is -2.39. The fourth-order valence-corrected chi connectivity index (χ4v) is 3.79. The van der Waals surface area contributed by atoms with E-state index in [-0.39, 0.29) is 11.8 Å². The lowest BCUT2D eigenvalue weighted by Gasteiger charge is -2.32. The number of carbonyl (C=O) groups excluding carboxylic acids is 1. The fourth-order valence-electron chi connectivity index (χ4n) is 3.21. The number of rotatable bonds is 3. The number of imidazole rings is 1. The number of nitrogens with zero attached hydrogens (tertiary/aromatic N) is 5. The second kappa shape index (κ2) is 6.72. The van der Waals surface area contributed by atoms with Gasteiger partial charge < -0.3 is 9.88 Å². The molecular formula is C17H18N6OS. The number of hydrogen-bond acceptors (Lipinski definition) is 6. The summed E-state index contributed by atoms with van der Waals surface area (Å²) < 4.78 is 0. The first-order valence-electron chi connectivity index (χ1n) is 8.24. The Morgan fingerprint density at radius 2 is 2.32 bits per heavy atom. The molecule has 0 spiro atoms. The Morgan fingerprint density at radius 1 is 1.40 bits per heavy atom. The zero-order valence-electron chi connectivity index (χ0n) is 13.8. The number of amides is 1. The van der Waals surface area contributed by atoms with E-state index in [1.54, 1.807) is 24.1 Å². The highest BCUT2D eigenvalue weighted by atomic mass is 32.1. The van der Waals surface area contributed by atoms with Gasteiger partial charge in [0.05, 0.1) is 11.7 Å². The minimum absolute atomic E-state index is 0.0595. The van der Waals surface area contributed by atoms with Crippen molar-refractivity contribution in [3.8, 4) is 11.5 Å². The summed E-state index contributed by atoms with van der Waals surface area (Å²) in [5.41, 5.74) is 3.46. The molecule has 3 aromatic heterocycles. The highest BCUT2D eigenvalue weighted by Crippen LogP contribution is 2.28. The summed E-state index contributed by atoms with van der Waals surface area (Å²) in [7, 11) is 0. The SMILES string of the molecule is Cc1nc(-c2ncc[nH]2)cc([C@@H]2CCCN(C(=O)c3cncs3)C2)n1. The summed E-state index contributed by atoms with van der Waals surface area (Å²) in [6, 6.07) is 1.98. The van der Waals surface area contributed by atoms with Crippen molar-refractivity contribution in [3.05, 3.63) is 46.6 Å². The lowest BCUT2D eigenvalue weighted by molar-refractivity contribution is 0.0710. The Morgan fingerprint density at radius 3 is 3.08 bits per heavy atom. The van der Waals surface area contributed by atoms with E-state index in [1.165, 1.54) is 11.3 Å². The molecule has 1 saturated heterocycles. The van der Waals surface area contributed by atoms with Gasteiger partial charge in [0, 0.05) is 37.1 Å². The van der Waals surface area contributed by atoms with Gasteiger partial charge in [-0.3, -0.25) is 9.78 Å². The minimum atomic E-state index is 0.0595. The first-order valence-corrected chi connectivity index (χ1v) is 9.12. The maximum Gasteiger partial charge on any atom is 0.265 e. The predicted molar refractivity (Wildman–Crippen MR) is 94.3 cm³/mol. The van der Waals surface area contributed by atoms with Crippen molar-refractivity contribution in [2.75, 3.05) is 13.1 Å². The molecule has 3 aromatic rings. The molecule has 25 heavy (non-hydrogen) atoms. The van der Waals surface area contributed by atoms with E-state index in [0.717, 1.165) is 42.4 Å². The Balaban J connectivity index is 1.58. The third-order valence-electron chi connectivity index (χ3n) is 4.37. The van der Waals surface area contributed by atoms with Crippen LogP contribution in [0.3, 0.4) is 0 Å². The van der Waals surface area contributed by atoms with Crippen LogP contribution in [0.25, 0.3) is 11.5 Å². The maximum atomic E-state index is 12.6. The Hall–Kier alpha value is -2.61. The van der Waals surface area contributed by atoms with Gasteiger partial charge >= 0.3 is 0 Å². The first-order chi connectivity index (χ1) is 12.2. The van der Waals surface area contributed by atoms with Gasteiger partial charge in [-0.25, -0.2) is 15.0 Å². The molecule has 1 aliphatic heterocycles. The number of thiazole rings is 1. The number of hydrogen-bond donors (Lipinski definition) is 1. The number of aromatic amines is 1. The van der Waals surface area contributed by atoms with E-state index in [1.807, 2.05) is 17.9 Å². The molecule has 4 heterocycles. The van der Waals surface area contributed by atoms with E-state index in [4.69, 9.17) is 0 Å². The summed E-state index contributed by atoms with van der Waals surface area (Å²) in [5.74, 6) is 1.72. The zero-order valence-corrected chi connectivity index (χ0v) is 14.7. The predicted octanol–water partition coefficient (Wildman–Crippen LogP) is 2.65. The smallest absolute Gasteiger partial charge is 0.265 e. The van der Waals surface area contributed by atoms with E-state index in [2.05, 4.69) is 24.9 Å².